The number of hydrogen-bond acceptors (Lipinski definition) is 1. The second-order valence-corrected chi connectivity index (χ2v) is 4.84. The van der Waals surface area contributed by atoms with Crippen LogP contribution < -0.4 is 5.32 Å². The lowest BCUT2D eigenvalue weighted by Gasteiger charge is -2.29. The summed E-state index contributed by atoms with van der Waals surface area (Å²) in [4.78, 5) is 0. The highest BCUT2D eigenvalue weighted by Gasteiger charge is 2.19. The van der Waals surface area contributed by atoms with Crippen molar-refractivity contribution < 1.29 is 0 Å². The van der Waals surface area contributed by atoms with Crippen LogP contribution in [0.25, 0.3) is 0 Å². The second kappa shape index (κ2) is 6.23. The first-order valence-corrected chi connectivity index (χ1v) is 6.10. The zero-order valence-corrected chi connectivity index (χ0v) is 9.81. The third-order valence-corrected chi connectivity index (χ3v) is 3.24. The fourth-order valence-electron chi connectivity index (χ4n) is 2.38. The highest BCUT2D eigenvalue weighted by Crippen LogP contribution is 2.27. The SMILES string of the molecule is C=C(C)CNC1CCC(CCC)CC1. The van der Waals surface area contributed by atoms with Crippen LogP contribution in [0.1, 0.15) is 52.4 Å². The lowest BCUT2D eigenvalue weighted by Crippen LogP contribution is -2.34. The van der Waals surface area contributed by atoms with Crippen molar-refractivity contribution in [3.63, 3.8) is 0 Å². The molecule has 0 radical (unpaired) electrons. The standard InChI is InChI=1S/C13H25N/c1-4-5-12-6-8-13(9-7-12)14-10-11(2)3/h12-14H,2,4-10H2,1,3H3. The summed E-state index contributed by atoms with van der Waals surface area (Å²) < 4.78 is 0. The molecule has 1 rings (SSSR count). The predicted octanol–water partition coefficient (Wildman–Crippen LogP) is 3.51. The van der Waals surface area contributed by atoms with Gasteiger partial charge in [0, 0.05) is 12.6 Å². The molecule has 0 saturated heterocycles. The zero-order valence-electron chi connectivity index (χ0n) is 9.81. The first kappa shape index (κ1) is 11.8. The van der Waals surface area contributed by atoms with E-state index in [0.717, 1.165) is 18.5 Å². The minimum atomic E-state index is 0.764. The van der Waals surface area contributed by atoms with Gasteiger partial charge in [0.25, 0.3) is 0 Å². The number of hydrogen-bond donors (Lipinski definition) is 1. The van der Waals surface area contributed by atoms with Gasteiger partial charge in [-0.2, -0.15) is 0 Å². The van der Waals surface area contributed by atoms with Gasteiger partial charge in [-0.15, -0.1) is 0 Å². The summed E-state index contributed by atoms with van der Waals surface area (Å²) in [6.07, 6.45) is 8.40. The zero-order chi connectivity index (χ0) is 10.4. The van der Waals surface area contributed by atoms with Crippen LogP contribution in [-0.4, -0.2) is 12.6 Å². The quantitative estimate of drug-likeness (QED) is 0.662. The molecule has 0 aromatic rings. The molecule has 1 N–H and O–H groups in total. The second-order valence-electron chi connectivity index (χ2n) is 4.84. The van der Waals surface area contributed by atoms with Crippen molar-refractivity contribution in [3.8, 4) is 0 Å². The molecule has 1 aliphatic rings. The first-order chi connectivity index (χ1) is 6.72. The van der Waals surface area contributed by atoms with Crippen molar-refractivity contribution in [1.29, 1.82) is 0 Å². The van der Waals surface area contributed by atoms with Crippen LogP contribution in [0.4, 0.5) is 0 Å². The highest BCUT2D eigenvalue weighted by atomic mass is 14.9. The summed E-state index contributed by atoms with van der Waals surface area (Å²) in [6.45, 7) is 9.31. The van der Waals surface area contributed by atoms with Crippen molar-refractivity contribution in [3.05, 3.63) is 12.2 Å². The lowest BCUT2D eigenvalue weighted by molar-refractivity contribution is 0.282. The molecule has 0 aromatic heterocycles. The first-order valence-electron chi connectivity index (χ1n) is 6.10. The minimum absolute atomic E-state index is 0.764. The molecule has 14 heavy (non-hydrogen) atoms. The summed E-state index contributed by atoms with van der Waals surface area (Å²) in [5.41, 5.74) is 1.25. The molecule has 0 amide bonds. The maximum atomic E-state index is 3.92. The van der Waals surface area contributed by atoms with Gasteiger partial charge in [-0.25, -0.2) is 0 Å². The Hall–Kier alpha value is -0.300. The molecule has 0 aromatic carbocycles. The van der Waals surface area contributed by atoms with Crippen LogP contribution in [0.5, 0.6) is 0 Å². The molecule has 1 saturated carbocycles. The number of rotatable bonds is 5. The molecule has 82 valence electrons. The molecule has 0 bridgehead atoms. The van der Waals surface area contributed by atoms with Gasteiger partial charge in [0.2, 0.25) is 0 Å². The van der Waals surface area contributed by atoms with Crippen LogP contribution in [0.3, 0.4) is 0 Å². The molecule has 1 fully saturated rings. The van der Waals surface area contributed by atoms with Gasteiger partial charge in [-0.1, -0.05) is 31.9 Å². The predicted molar refractivity (Wildman–Crippen MR) is 63.5 cm³/mol. The average molecular weight is 195 g/mol. The summed E-state index contributed by atoms with van der Waals surface area (Å²) in [5, 5.41) is 3.58. The van der Waals surface area contributed by atoms with E-state index in [1.807, 2.05) is 0 Å². The number of nitrogens with one attached hydrogen (secondary N) is 1. The molecule has 0 unspecified atom stereocenters. The van der Waals surface area contributed by atoms with E-state index in [2.05, 4.69) is 25.7 Å². The van der Waals surface area contributed by atoms with Gasteiger partial charge in [0.1, 0.15) is 0 Å². The fourth-order valence-corrected chi connectivity index (χ4v) is 2.38. The van der Waals surface area contributed by atoms with Crippen LogP contribution in [0, 0.1) is 5.92 Å². The van der Waals surface area contributed by atoms with E-state index in [1.165, 1.54) is 44.1 Å². The Morgan fingerprint density at radius 2 is 1.93 bits per heavy atom. The topological polar surface area (TPSA) is 12.0 Å². The van der Waals surface area contributed by atoms with Gasteiger partial charge in [-0.3, -0.25) is 0 Å². The Bertz CT molecular complexity index is 166. The van der Waals surface area contributed by atoms with E-state index in [-0.39, 0.29) is 0 Å². The normalized spacial score (nSPS) is 27.6. The molecule has 1 nitrogen and oxygen atoms in total. The molecule has 0 aliphatic heterocycles. The van der Waals surface area contributed by atoms with Gasteiger partial charge >= 0.3 is 0 Å². The molecule has 1 heteroatoms. The third-order valence-electron chi connectivity index (χ3n) is 3.24. The molecule has 0 spiro atoms. The summed E-state index contributed by atoms with van der Waals surface area (Å²) in [6, 6.07) is 0.764. The largest absolute Gasteiger partial charge is 0.310 e. The van der Waals surface area contributed by atoms with Crippen LogP contribution in [0.15, 0.2) is 12.2 Å². The Labute approximate surface area is 89.0 Å². The Balaban J connectivity index is 2.12. The van der Waals surface area contributed by atoms with Crippen molar-refractivity contribution in [2.45, 2.75) is 58.4 Å². The van der Waals surface area contributed by atoms with Crippen molar-refractivity contribution in [1.82, 2.24) is 5.32 Å². The van der Waals surface area contributed by atoms with E-state index < -0.39 is 0 Å². The molecule has 0 atom stereocenters. The monoisotopic (exact) mass is 195 g/mol. The summed E-state index contributed by atoms with van der Waals surface area (Å²) in [7, 11) is 0. The smallest absolute Gasteiger partial charge is 0.0161 e. The Morgan fingerprint density at radius 1 is 1.29 bits per heavy atom. The van der Waals surface area contributed by atoms with Gasteiger partial charge in [0.05, 0.1) is 0 Å². The maximum Gasteiger partial charge on any atom is 0.0161 e. The fraction of sp³-hybridized carbons (Fsp3) is 0.846. The average Bonchev–Trinajstić information content (AvgIpc) is 2.17. The van der Waals surface area contributed by atoms with Gasteiger partial charge in [-0.05, 0) is 38.5 Å². The Morgan fingerprint density at radius 3 is 2.43 bits per heavy atom. The van der Waals surface area contributed by atoms with Crippen LogP contribution in [-0.2, 0) is 0 Å². The molecule has 1 aliphatic carbocycles. The lowest BCUT2D eigenvalue weighted by atomic mass is 9.83. The van der Waals surface area contributed by atoms with Gasteiger partial charge in [0.15, 0.2) is 0 Å². The van der Waals surface area contributed by atoms with Crippen molar-refractivity contribution in [2.24, 2.45) is 5.92 Å². The van der Waals surface area contributed by atoms with Crippen molar-refractivity contribution in [2.75, 3.05) is 6.54 Å². The van der Waals surface area contributed by atoms with E-state index in [1.54, 1.807) is 0 Å². The molecular formula is C13H25N. The van der Waals surface area contributed by atoms with Crippen LogP contribution >= 0.6 is 0 Å². The molecular weight excluding hydrogens is 170 g/mol. The van der Waals surface area contributed by atoms with E-state index >= 15 is 0 Å². The summed E-state index contributed by atoms with van der Waals surface area (Å²) >= 11 is 0. The van der Waals surface area contributed by atoms with Crippen LogP contribution in [0.2, 0.25) is 0 Å². The Kier molecular flexibility index (Phi) is 5.24. The third kappa shape index (κ3) is 4.28. The van der Waals surface area contributed by atoms with Gasteiger partial charge < -0.3 is 5.32 Å². The van der Waals surface area contributed by atoms with Crippen molar-refractivity contribution >= 4 is 0 Å². The minimum Gasteiger partial charge on any atom is -0.310 e. The molecule has 0 heterocycles. The van der Waals surface area contributed by atoms with E-state index in [0.29, 0.717) is 0 Å². The van der Waals surface area contributed by atoms with E-state index in [4.69, 9.17) is 0 Å². The highest BCUT2D eigenvalue weighted by molar-refractivity contribution is 4.92. The maximum absolute atomic E-state index is 3.92. The summed E-state index contributed by atoms with van der Waals surface area (Å²) in [5.74, 6) is 1.02. The van der Waals surface area contributed by atoms with E-state index in [9.17, 15) is 0 Å².